The Morgan fingerprint density at radius 3 is 2.71 bits per heavy atom. The van der Waals surface area contributed by atoms with Crippen LogP contribution in [0.3, 0.4) is 0 Å². The molecule has 0 bridgehead atoms. The smallest absolute Gasteiger partial charge is 0.0599 e. The zero-order valence-corrected chi connectivity index (χ0v) is 11.3. The van der Waals surface area contributed by atoms with Crippen LogP contribution in [-0.4, -0.2) is 50.3 Å². The molecule has 100 valence electrons. The predicted molar refractivity (Wildman–Crippen MR) is 71.3 cm³/mol. The predicted octanol–water partition coefficient (Wildman–Crippen LogP) is 1.88. The Kier molecular flexibility index (Phi) is 5.75. The number of hydrogen-bond acceptors (Lipinski definition) is 3. The van der Waals surface area contributed by atoms with E-state index in [1.54, 1.807) is 0 Å². The molecular formula is C14H28N2O. The Bertz CT molecular complexity index is 196. The van der Waals surface area contributed by atoms with Gasteiger partial charge in [0.25, 0.3) is 0 Å². The molecule has 3 heteroatoms. The van der Waals surface area contributed by atoms with Gasteiger partial charge in [0.05, 0.1) is 6.10 Å². The van der Waals surface area contributed by atoms with Gasteiger partial charge in [0.2, 0.25) is 0 Å². The lowest BCUT2D eigenvalue weighted by Gasteiger charge is -2.31. The molecule has 0 spiro atoms. The van der Waals surface area contributed by atoms with Crippen molar-refractivity contribution in [2.75, 3.05) is 39.3 Å². The van der Waals surface area contributed by atoms with E-state index in [4.69, 9.17) is 4.74 Å². The zero-order chi connectivity index (χ0) is 11.9. The maximum atomic E-state index is 5.68. The molecule has 2 aliphatic rings. The third-order valence-electron chi connectivity index (χ3n) is 4.19. The monoisotopic (exact) mass is 240 g/mol. The molecule has 0 aromatic carbocycles. The standard InChI is InChI=1S/C14H28N2O/c1-2-17-14-6-10-16(11-7-14)9-3-4-13-5-8-15-12-13/h13-15H,2-12H2,1H3. The molecular weight excluding hydrogens is 212 g/mol. The van der Waals surface area contributed by atoms with Crippen LogP contribution >= 0.6 is 0 Å². The minimum atomic E-state index is 0.537. The molecule has 0 aromatic rings. The highest BCUT2D eigenvalue weighted by molar-refractivity contribution is 4.74. The lowest BCUT2D eigenvalue weighted by molar-refractivity contribution is 0.0138. The van der Waals surface area contributed by atoms with E-state index >= 15 is 0 Å². The van der Waals surface area contributed by atoms with Crippen LogP contribution in [0.4, 0.5) is 0 Å². The molecule has 3 nitrogen and oxygen atoms in total. The number of likely N-dealkylation sites (tertiary alicyclic amines) is 1. The molecule has 2 fully saturated rings. The summed E-state index contributed by atoms with van der Waals surface area (Å²) < 4.78 is 5.68. The maximum Gasteiger partial charge on any atom is 0.0599 e. The average Bonchev–Trinajstić information content (AvgIpc) is 2.85. The summed E-state index contributed by atoms with van der Waals surface area (Å²) in [7, 11) is 0. The molecule has 0 radical (unpaired) electrons. The number of hydrogen-bond donors (Lipinski definition) is 1. The van der Waals surface area contributed by atoms with E-state index in [-0.39, 0.29) is 0 Å². The van der Waals surface area contributed by atoms with E-state index in [9.17, 15) is 0 Å². The Morgan fingerprint density at radius 1 is 1.24 bits per heavy atom. The molecule has 0 saturated carbocycles. The van der Waals surface area contributed by atoms with Gasteiger partial charge in [-0.25, -0.2) is 0 Å². The molecule has 0 amide bonds. The molecule has 0 aromatic heterocycles. The van der Waals surface area contributed by atoms with Crippen LogP contribution in [0.1, 0.15) is 39.0 Å². The van der Waals surface area contributed by atoms with Gasteiger partial charge >= 0.3 is 0 Å². The van der Waals surface area contributed by atoms with Crippen LogP contribution in [0.15, 0.2) is 0 Å². The van der Waals surface area contributed by atoms with Crippen molar-refractivity contribution in [3.8, 4) is 0 Å². The first-order valence-corrected chi connectivity index (χ1v) is 7.43. The Morgan fingerprint density at radius 2 is 2.06 bits per heavy atom. The van der Waals surface area contributed by atoms with Gasteiger partial charge in [0, 0.05) is 19.7 Å². The summed E-state index contributed by atoms with van der Waals surface area (Å²) in [5, 5.41) is 3.45. The molecule has 1 atom stereocenters. The Labute approximate surface area is 106 Å². The molecule has 2 heterocycles. The highest BCUT2D eigenvalue weighted by atomic mass is 16.5. The number of piperidine rings is 1. The second-order valence-electron chi connectivity index (χ2n) is 5.50. The van der Waals surface area contributed by atoms with Crippen LogP contribution in [0.5, 0.6) is 0 Å². The van der Waals surface area contributed by atoms with Gasteiger partial charge in [-0.15, -0.1) is 0 Å². The van der Waals surface area contributed by atoms with E-state index < -0.39 is 0 Å². The summed E-state index contributed by atoms with van der Waals surface area (Å²) in [5.41, 5.74) is 0. The molecule has 2 saturated heterocycles. The normalized spacial score (nSPS) is 27.7. The fraction of sp³-hybridized carbons (Fsp3) is 1.00. The molecule has 17 heavy (non-hydrogen) atoms. The van der Waals surface area contributed by atoms with Gasteiger partial charge in [0.15, 0.2) is 0 Å². The summed E-state index contributed by atoms with van der Waals surface area (Å²) in [4.78, 5) is 2.62. The van der Waals surface area contributed by atoms with E-state index in [1.807, 2.05) is 0 Å². The fourth-order valence-electron chi connectivity index (χ4n) is 3.10. The van der Waals surface area contributed by atoms with Gasteiger partial charge in [-0.05, 0) is 64.6 Å². The van der Waals surface area contributed by atoms with Crippen molar-refractivity contribution in [2.24, 2.45) is 5.92 Å². The first-order valence-electron chi connectivity index (χ1n) is 7.43. The van der Waals surface area contributed by atoms with Crippen molar-refractivity contribution in [1.29, 1.82) is 0 Å². The van der Waals surface area contributed by atoms with Gasteiger partial charge in [-0.1, -0.05) is 0 Å². The molecule has 2 aliphatic heterocycles. The van der Waals surface area contributed by atoms with Crippen LogP contribution in [0.25, 0.3) is 0 Å². The van der Waals surface area contributed by atoms with E-state index in [1.165, 1.54) is 64.8 Å². The van der Waals surface area contributed by atoms with Gasteiger partial charge in [-0.2, -0.15) is 0 Å². The van der Waals surface area contributed by atoms with Gasteiger partial charge in [0.1, 0.15) is 0 Å². The fourth-order valence-corrected chi connectivity index (χ4v) is 3.10. The van der Waals surface area contributed by atoms with Crippen molar-refractivity contribution < 1.29 is 4.74 Å². The highest BCUT2D eigenvalue weighted by Gasteiger charge is 2.19. The lowest BCUT2D eigenvalue weighted by atomic mass is 10.0. The highest BCUT2D eigenvalue weighted by Crippen LogP contribution is 2.17. The van der Waals surface area contributed by atoms with Crippen molar-refractivity contribution in [1.82, 2.24) is 10.2 Å². The van der Waals surface area contributed by atoms with E-state index in [0.29, 0.717) is 6.10 Å². The number of nitrogens with one attached hydrogen (secondary N) is 1. The first-order chi connectivity index (χ1) is 8.38. The summed E-state index contributed by atoms with van der Waals surface area (Å²) in [6.45, 7) is 9.26. The average molecular weight is 240 g/mol. The largest absolute Gasteiger partial charge is 0.378 e. The van der Waals surface area contributed by atoms with E-state index in [0.717, 1.165) is 12.5 Å². The molecule has 1 unspecified atom stereocenters. The van der Waals surface area contributed by atoms with Crippen LogP contribution < -0.4 is 5.32 Å². The number of nitrogens with zero attached hydrogens (tertiary/aromatic N) is 1. The number of ether oxygens (including phenoxy) is 1. The summed E-state index contributed by atoms with van der Waals surface area (Å²) in [6.07, 6.45) is 7.20. The summed E-state index contributed by atoms with van der Waals surface area (Å²) in [5.74, 6) is 0.955. The van der Waals surface area contributed by atoms with Crippen LogP contribution in [0, 0.1) is 5.92 Å². The zero-order valence-electron chi connectivity index (χ0n) is 11.3. The SMILES string of the molecule is CCOC1CCN(CCCC2CCNC2)CC1. The van der Waals surface area contributed by atoms with Crippen molar-refractivity contribution >= 4 is 0 Å². The van der Waals surface area contributed by atoms with Crippen molar-refractivity contribution in [3.63, 3.8) is 0 Å². The first kappa shape index (κ1) is 13.3. The maximum absolute atomic E-state index is 5.68. The molecule has 1 N–H and O–H groups in total. The third kappa shape index (κ3) is 4.57. The quantitative estimate of drug-likeness (QED) is 0.767. The lowest BCUT2D eigenvalue weighted by Crippen LogP contribution is -2.37. The minimum absolute atomic E-state index is 0.537. The minimum Gasteiger partial charge on any atom is -0.378 e. The second-order valence-corrected chi connectivity index (χ2v) is 5.50. The van der Waals surface area contributed by atoms with Crippen molar-refractivity contribution in [3.05, 3.63) is 0 Å². The van der Waals surface area contributed by atoms with Crippen LogP contribution in [-0.2, 0) is 4.74 Å². The Balaban J connectivity index is 1.52. The van der Waals surface area contributed by atoms with Gasteiger partial charge < -0.3 is 15.0 Å². The summed E-state index contributed by atoms with van der Waals surface area (Å²) in [6, 6.07) is 0. The van der Waals surface area contributed by atoms with Gasteiger partial charge in [-0.3, -0.25) is 0 Å². The van der Waals surface area contributed by atoms with Crippen molar-refractivity contribution in [2.45, 2.75) is 45.1 Å². The molecule has 2 rings (SSSR count). The van der Waals surface area contributed by atoms with Crippen LogP contribution in [0.2, 0.25) is 0 Å². The summed E-state index contributed by atoms with van der Waals surface area (Å²) >= 11 is 0. The Hall–Kier alpha value is -0.120. The second kappa shape index (κ2) is 7.34. The third-order valence-corrected chi connectivity index (χ3v) is 4.19. The van der Waals surface area contributed by atoms with E-state index in [2.05, 4.69) is 17.1 Å². The topological polar surface area (TPSA) is 24.5 Å². The molecule has 0 aliphatic carbocycles. The number of rotatable bonds is 6.